The molecule has 0 unspecified atom stereocenters. The lowest BCUT2D eigenvalue weighted by Crippen LogP contribution is -2.03. The Morgan fingerprint density at radius 1 is 1.05 bits per heavy atom. The Labute approximate surface area is 110 Å². The van der Waals surface area contributed by atoms with Gasteiger partial charge < -0.3 is 10.4 Å². The van der Waals surface area contributed by atoms with E-state index in [1.54, 1.807) is 16.9 Å². The van der Waals surface area contributed by atoms with Crippen LogP contribution in [0.15, 0.2) is 48.9 Å². The van der Waals surface area contributed by atoms with Crippen LogP contribution in [0.5, 0.6) is 0 Å². The average molecular weight is 254 g/mol. The van der Waals surface area contributed by atoms with Gasteiger partial charge in [-0.25, -0.2) is 9.50 Å². The van der Waals surface area contributed by atoms with Crippen molar-refractivity contribution in [1.29, 1.82) is 0 Å². The second kappa shape index (κ2) is 5.07. The van der Waals surface area contributed by atoms with Crippen LogP contribution in [0.3, 0.4) is 0 Å². The number of hydrogen-bond acceptors (Lipinski definition) is 4. The van der Waals surface area contributed by atoms with Crippen molar-refractivity contribution in [3.63, 3.8) is 0 Å². The van der Waals surface area contributed by atoms with E-state index in [9.17, 15) is 0 Å². The maximum absolute atomic E-state index is 9.00. The third-order valence-corrected chi connectivity index (χ3v) is 2.99. The molecule has 2 heterocycles. The molecule has 0 fully saturated rings. The topological polar surface area (TPSA) is 62.5 Å². The molecule has 0 aliphatic carbocycles. The second-order valence-electron chi connectivity index (χ2n) is 4.27. The first-order chi connectivity index (χ1) is 9.36. The molecular formula is C14H14N4O. The minimum Gasteiger partial charge on any atom is -0.392 e. The summed E-state index contributed by atoms with van der Waals surface area (Å²) in [5.74, 6) is 0.811. The maximum atomic E-state index is 9.00. The fraction of sp³-hybridized carbons (Fsp3) is 0.143. The van der Waals surface area contributed by atoms with Crippen LogP contribution < -0.4 is 5.32 Å². The Morgan fingerprint density at radius 2 is 1.84 bits per heavy atom. The number of aliphatic hydroxyl groups excluding tert-OH is 1. The lowest BCUT2D eigenvalue weighted by molar-refractivity contribution is 0.282. The standard InChI is InChI=1S/C14H14N4O/c19-10-12-3-1-11(2-4-12)9-16-14-13-5-6-17-18(13)8-7-15-14/h1-8,19H,9-10H2,(H,15,16). The number of rotatable bonds is 4. The average Bonchev–Trinajstić information content (AvgIpc) is 2.94. The first-order valence-corrected chi connectivity index (χ1v) is 6.08. The highest BCUT2D eigenvalue weighted by molar-refractivity contribution is 5.66. The molecule has 0 aliphatic heterocycles. The highest BCUT2D eigenvalue weighted by atomic mass is 16.3. The number of nitrogens with one attached hydrogen (secondary N) is 1. The van der Waals surface area contributed by atoms with Crippen LogP contribution in [0.4, 0.5) is 5.82 Å². The molecule has 0 saturated carbocycles. The van der Waals surface area contributed by atoms with Gasteiger partial charge in [-0.2, -0.15) is 5.10 Å². The molecule has 0 radical (unpaired) electrons. The molecule has 5 heteroatoms. The first-order valence-electron chi connectivity index (χ1n) is 6.08. The minimum absolute atomic E-state index is 0.0738. The van der Waals surface area contributed by atoms with E-state index in [4.69, 9.17) is 5.11 Å². The fourth-order valence-corrected chi connectivity index (χ4v) is 1.94. The lowest BCUT2D eigenvalue weighted by Gasteiger charge is -2.07. The van der Waals surface area contributed by atoms with Gasteiger partial charge in [0.15, 0.2) is 5.82 Å². The van der Waals surface area contributed by atoms with E-state index >= 15 is 0 Å². The SMILES string of the molecule is OCc1ccc(CNc2nccn3nccc23)cc1. The van der Waals surface area contributed by atoms with Crippen molar-refractivity contribution >= 4 is 11.3 Å². The van der Waals surface area contributed by atoms with Crippen molar-refractivity contribution in [3.8, 4) is 0 Å². The predicted molar refractivity (Wildman–Crippen MR) is 72.7 cm³/mol. The summed E-state index contributed by atoms with van der Waals surface area (Å²) in [6, 6.07) is 9.75. The smallest absolute Gasteiger partial charge is 0.152 e. The molecule has 2 N–H and O–H groups in total. The summed E-state index contributed by atoms with van der Waals surface area (Å²) >= 11 is 0. The monoisotopic (exact) mass is 254 g/mol. The van der Waals surface area contributed by atoms with Gasteiger partial charge in [0, 0.05) is 18.9 Å². The van der Waals surface area contributed by atoms with Crippen LogP contribution >= 0.6 is 0 Å². The number of aliphatic hydroxyl groups is 1. The molecule has 2 aromatic heterocycles. The largest absolute Gasteiger partial charge is 0.392 e. The van der Waals surface area contributed by atoms with Gasteiger partial charge in [0.05, 0.1) is 12.8 Å². The molecule has 3 aromatic rings. The molecule has 0 bridgehead atoms. The van der Waals surface area contributed by atoms with Crippen LogP contribution in [0.1, 0.15) is 11.1 Å². The maximum Gasteiger partial charge on any atom is 0.152 e. The minimum atomic E-state index is 0.0738. The Morgan fingerprint density at radius 3 is 2.63 bits per heavy atom. The second-order valence-corrected chi connectivity index (χ2v) is 4.27. The summed E-state index contributed by atoms with van der Waals surface area (Å²) in [6.07, 6.45) is 5.28. The Kier molecular flexibility index (Phi) is 3.12. The third-order valence-electron chi connectivity index (χ3n) is 2.99. The van der Waals surface area contributed by atoms with Gasteiger partial charge >= 0.3 is 0 Å². The number of nitrogens with zero attached hydrogens (tertiary/aromatic N) is 3. The molecule has 0 atom stereocenters. The van der Waals surface area contributed by atoms with Gasteiger partial charge in [-0.3, -0.25) is 0 Å². The summed E-state index contributed by atoms with van der Waals surface area (Å²) in [5.41, 5.74) is 3.01. The lowest BCUT2D eigenvalue weighted by atomic mass is 10.1. The van der Waals surface area contributed by atoms with E-state index in [0.29, 0.717) is 6.54 Å². The Bertz CT molecular complexity index is 675. The summed E-state index contributed by atoms with van der Waals surface area (Å²) in [6.45, 7) is 0.758. The van der Waals surface area contributed by atoms with Crippen molar-refractivity contribution in [2.75, 3.05) is 5.32 Å². The van der Waals surface area contributed by atoms with E-state index in [1.807, 2.05) is 36.5 Å². The van der Waals surface area contributed by atoms with E-state index in [-0.39, 0.29) is 6.61 Å². The zero-order valence-corrected chi connectivity index (χ0v) is 10.3. The van der Waals surface area contributed by atoms with Crippen LogP contribution in [0.2, 0.25) is 0 Å². The molecule has 0 amide bonds. The predicted octanol–water partition coefficient (Wildman–Crippen LogP) is 1.83. The van der Waals surface area contributed by atoms with Crippen molar-refractivity contribution in [2.24, 2.45) is 0 Å². The molecule has 0 spiro atoms. The molecular weight excluding hydrogens is 240 g/mol. The quantitative estimate of drug-likeness (QED) is 0.745. The zero-order valence-electron chi connectivity index (χ0n) is 10.3. The van der Waals surface area contributed by atoms with Gasteiger partial charge in [0.25, 0.3) is 0 Å². The van der Waals surface area contributed by atoms with Gasteiger partial charge in [-0.15, -0.1) is 0 Å². The number of benzene rings is 1. The van der Waals surface area contributed by atoms with Gasteiger partial charge in [0.2, 0.25) is 0 Å². The van der Waals surface area contributed by atoms with Crippen LogP contribution in [0, 0.1) is 0 Å². The number of hydrogen-bond donors (Lipinski definition) is 2. The Hall–Kier alpha value is -2.40. The van der Waals surface area contributed by atoms with Crippen LogP contribution in [-0.4, -0.2) is 19.7 Å². The number of anilines is 1. The van der Waals surface area contributed by atoms with E-state index in [1.165, 1.54) is 0 Å². The van der Waals surface area contributed by atoms with Crippen LogP contribution in [0.25, 0.3) is 5.52 Å². The van der Waals surface area contributed by atoms with E-state index in [2.05, 4.69) is 15.4 Å². The zero-order chi connectivity index (χ0) is 13.1. The summed E-state index contributed by atoms with van der Waals surface area (Å²) in [7, 11) is 0. The van der Waals surface area contributed by atoms with Gasteiger partial charge in [-0.1, -0.05) is 24.3 Å². The fourth-order valence-electron chi connectivity index (χ4n) is 1.94. The molecule has 19 heavy (non-hydrogen) atoms. The third kappa shape index (κ3) is 2.41. The number of aromatic nitrogens is 3. The summed E-state index contributed by atoms with van der Waals surface area (Å²) in [5, 5.41) is 16.5. The summed E-state index contributed by atoms with van der Waals surface area (Å²) < 4.78 is 1.78. The summed E-state index contributed by atoms with van der Waals surface area (Å²) in [4.78, 5) is 4.32. The normalized spacial score (nSPS) is 10.8. The Balaban J connectivity index is 1.76. The van der Waals surface area contributed by atoms with Crippen molar-refractivity contribution in [1.82, 2.24) is 14.6 Å². The molecule has 3 rings (SSSR count). The van der Waals surface area contributed by atoms with Gasteiger partial charge in [-0.05, 0) is 17.2 Å². The molecule has 96 valence electrons. The molecule has 0 aliphatic rings. The van der Waals surface area contributed by atoms with Crippen molar-refractivity contribution in [3.05, 3.63) is 60.0 Å². The molecule has 5 nitrogen and oxygen atoms in total. The molecule has 0 saturated heterocycles. The van der Waals surface area contributed by atoms with Crippen LogP contribution in [-0.2, 0) is 13.2 Å². The first kappa shape index (κ1) is 11.7. The van der Waals surface area contributed by atoms with Gasteiger partial charge in [0.1, 0.15) is 5.52 Å². The molecule has 1 aromatic carbocycles. The van der Waals surface area contributed by atoms with Crippen molar-refractivity contribution in [2.45, 2.75) is 13.2 Å². The van der Waals surface area contributed by atoms with E-state index in [0.717, 1.165) is 22.5 Å². The van der Waals surface area contributed by atoms with Crippen molar-refractivity contribution < 1.29 is 5.11 Å². The highest BCUT2D eigenvalue weighted by Gasteiger charge is 2.02. The van der Waals surface area contributed by atoms with E-state index < -0.39 is 0 Å². The number of fused-ring (bicyclic) bond motifs is 1. The highest BCUT2D eigenvalue weighted by Crippen LogP contribution is 2.14.